The van der Waals surface area contributed by atoms with Gasteiger partial charge in [0.05, 0.1) is 22.2 Å². The number of ether oxygens (including phenoxy) is 1. The van der Waals surface area contributed by atoms with Crippen molar-refractivity contribution in [3.05, 3.63) is 52.5 Å². The first kappa shape index (κ1) is 16.6. The Hall–Kier alpha value is -1.72. The van der Waals surface area contributed by atoms with E-state index in [0.717, 1.165) is 5.56 Å². The lowest BCUT2D eigenvalue weighted by molar-refractivity contribution is 0.337. The van der Waals surface area contributed by atoms with Gasteiger partial charge in [0.1, 0.15) is 5.75 Å². The number of para-hydroxylation sites is 1. The Morgan fingerprint density at radius 3 is 2.45 bits per heavy atom. The number of aryl methyl sites for hydroxylation is 2. The molecule has 0 atom stereocenters. The van der Waals surface area contributed by atoms with E-state index in [0.29, 0.717) is 28.6 Å². The van der Waals surface area contributed by atoms with Crippen molar-refractivity contribution in [1.82, 2.24) is 0 Å². The molecule has 0 spiro atoms. The molecule has 0 unspecified atom stereocenters. The molecule has 4 nitrogen and oxygen atoms in total. The van der Waals surface area contributed by atoms with E-state index in [1.807, 2.05) is 13.8 Å². The fourth-order valence-corrected chi connectivity index (χ4v) is 3.74. The van der Waals surface area contributed by atoms with Gasteiger partial charge in [0.2, 0.25) is 0 Å². The van der Waals surface area contributed by atoms with Gasteiger partial charge < -0.3 is 4.74 Å². The Bertz CT molecular complexity index is 788. The predicted octanol–water partition coefficient (Wildman–Crippen LogP) is 4.16. The minimum absolute atomic E-state index is 0.216. The van der Waals surface area contributed by atoms with Gasteiger partial charge in [0.25, 0.3) is 10.0 Å². The van der Waals surface area contributed by atoms with E-state index < -0.39 is 10.0 Å². The maximum atomic E-state index is 12.6. The average molecular weight is 340 g/mol. The van der Waals surface area contributed by atoms with E-state index in [1.54, 1.807) is 43.3 Å². The fourth-order valence-electron chi connectivity index (χ4n) is 2.11. The highest BCUT2D eigenvalue weighted by molar-refractivity contribution is 7.92. The SMILES string of the molecule is CCOc1cc(C)c(S(=O)(=O)Nc2ccccc2Cl)cc1C. The maximum absolute atomic E-state index is 12.6. The quantitative estimate of drug-likeness (QED) is 0.890. The highest BCUT2D eigenvalue weighted by atomic mass is 35.5. The standard InChI is InChI=1S/C16H18ClNO3S/c1-4-21-15-9-12(3)16(10-11(15)2)22(19,20)18-14-8-6-5-7-13(14)17/h5-10,18H,4H2,1-3H3. The number of benzene rings is 2. The summed E-state index contributed by atoms with van der Waals surface area (Å²) in [5, 5.41) is 0.353. The smallest absolute Gasteiger partial charge is 0.262 e. The molecular weight excluding hydrogens is 322 g/mol. The van der Waals surface area contributed by atoms with Crippen LogP contribution in [0.2, 0.25) is 5.02 Å². The lowest BCUT2D eigenvalue weighted by Crippen LogP contribution is -2.15. The minimum Gasteiger partial charge on any atom is -0.494 e. The van der Waals surface area contributed by atoms with Crippen LogP contribution < -0.4 is 9.46 Å². The second-order valence-corrected chi connectivity index (χ2v) is 6.96. The number of halogens is 1. The van der Waals surface area contributed by atoms with Crippen LogP contribution in [0.5, 0.6) is 5.75 Å². The third-order valence-corrected chi connectivity index (χ3v) is 5.02. The highest BCUT2D eigenvalue weighted by Gasteiger charge is 2.20. The van der Waals surface area contributed by atoms with Crippen molar-refractivity contribution in [2.75, 3.05) is 11.3 Å². The Morgan fingerprint density at radius 2 is 1.82 bits per heavy atom. The van der Waals surface area contributed by atoms with Crippen LogP contribution in [0.15, 0.2) is 41.3 Å². The van der Waals surface area contributed by atoms with Gasteiger partial charge in [-0.1, -0.05) is 23.7 Å². The van der Waals surface area contributed by atoms with E-state index in [9.17, 15) is 8.42 Å². The average Bonchev–Trinajstić information content (AvgIpc) is 2.45. The summed E-state index contributed by atoms with van der Waals surface area (Å²) in [7, 11) is -3.71. The Morgan fingerprint density at radius 1 is 1.14 bits per heavy atom. The van der Waals surface area contributed by atoms with E-state index >= 15 is 0 Å². The summed E-state index contributed by atoms with van der Waals surface area (Å²) in [6, 6.07) is 10.1. The molecule has 0 aliphatic rings. The van der Waals surface area contributed by atoms with Crippen molar-refractivity contribution < 1.29 is 13.2 Å². The summed E-state index contributed by atoms with van der Waals surface area (Å²) in [4.78, 5) is 0.216. The van der Waals surface area contributed by atoms with Gasteiger partial charge in [0.15, 0.2) is 0 Å². The Kier molecular flexibility index (Phi) is 4.98. The summed E-state index contributed by atoms with van der Waals surface area (Å²) in [5.41, 5.74) is 1.75. The number of nitrogens with one attached hydrogen (secondary N) is 1. The van der Waals surface area contributed by atoms with Crippen LogP contribution in [0, 0.1) is 13.8 Å². The molecule has 0 radical (unpaired) electrons. The number of rotatable bonds is 5. The molecule has 6 heteroatoms. The maximum Gasteiger partial charge on any atom is 0.262 e. The topological polar surface area (TPSA) is 55.4 Å². The summed E-state index contributed by atoms with van der Waals surface area (Å²) < 4.78 is 33.2. The fraction of sp³-hybridized carbons (Fsp3) is 0.250. The normalized spacial score (nSPS) is 11.3. The van der Waals surface area contributed by atoms with Crippen molar-refractivity contribution in [3.63, 3.8) is 0 Å². The van der Waals surface area contributed by atoms with Crippen molar-refractivity contribution in [3.8, 4) is 5.75 Å². The lowest BCUT2D eigenvalue weighted by atomic mass is 10.1. The molecule has 2 rings (SSSR count). The van der Waals surface area contributed by atoms with Crippen LogP contribution >= 0.6 is 11.6 Å². The molecule has 118 valence electrons. The van der Waals surface area contributed by atoms with Crippen LogP contribution in [0.1, 0.15) is 18.1 Å². The monoisotopic (exact) mass is 339 g/mol. The zero-order chi connectivity index (χ0) is 16.3. The molecular formula is C16H18ClNO3S. The third kappa shape index (κ3) is 3.54. The molecule has 0 aliphatic carbocycles. The van der Waals surface area contributed by atoms with Crippen molar-refractivity contribution >= 4 is 27.3 Å². The number of anilines is 1. The van der Waals surface area contributed by atoms with E-state index in [-0.39, 0.29) is 4.90 Å². The molecule has 0 saturated heterocycles. The molecule has 2 aromatic carbocycles. The summed E-state index contributed by atoms with van der Waals surface area (Å²) in [5.74, 6) is 0.691. The second kappa shape index (κ2) is 6.58. The van der Waals surface area contributed by atoms with Crippen molar-refractivity contribution in [2.24, 2.45) is 0 Å². The molecule has 2 aromatic rings. The molecule has 0 amide bonds. The lowest BCUT2D eigenvalue weighted by Gasteiger charge is -2.14. The number of sulfonamides is 1. The molecule has 0 bridgehead atoms. The minimum atomic E-state index is -3.71. The molecule has 22 heavy (non-hydrogen) atoms. The molecule has 0 heterocycles. The highest BCUT2D eigenvalue weighted by Crippen LogP contribution is 2.29. The van der Waals surface area contributed by atoms with E-state index in [1.165, 1.54) is 0 Å². The summed E-state index contributed by atoms with van der Waals surface area (Å²) in [6.45, 7) is 5.98. The molecule has 0 aliphatic heterocycles. The predicted molar refractivity (Wildman–Crippen MR) is 89.3 cm³/mol. The summed E-state index contributed by atoms with van der Waals surface area (Å²) in [6.07, 6.45) is 0. The van der Waals surface area contributed by atoms with E-state index in [2.05, 4.69) is 4.72 Å². The van der Waals surface area contributed by atoms with Crippen LogP contribution in [-0.2, 0) is 10.0 Å². The van der Waals surface area contributed by atoms with Gasteiger partial charge in [-0.15, -0.1) is 0 Å². The van der Waals surface area contributed by atoms with Crippen LogP contribution in [-0.4, -0.2) is 15.0 Å². The Labute approximate surface area is 136 Å². The van der Waals surface area contributed by atoms with Gasteiger partial charge in [-0.25, -0.2) is 8.42 Å². The second-order valence-electron chi connectivity index (χ2n) is 4.90. The first-order valence-electron chi connectivity index (χ1n) is 6.86. The first-order chi connectivity index (χ1) is 10.3. The van der Waals surface area contributed by atoms with Crippen molar-refractivity contribution in [2.45, 2.75) is 25.7 Å². The van der Waals surface area contributed by atoms with Crippen LogP contribution in [0.3, 0.4) is 0 Å². The third-order valence-electron chi connectivity index (χ3n) is 3.18. The first-order valence-corrected chi connectivity index (χ1v) is 8.72. The zero-order valence-corrected chi connectivity index (χ0v) is 14.3. The number of hydrogen-bond acceptors (Lipinski definition) is 3. The van der Waals surface area contributed by atoms with Gasteiger partial charge in [-0.2, -0.15) is 0 Å². The van der Waals surface area contributed by atoms with Gasteiger partial charge >= 0.3 is 0 Å². The molecule has 0 aromatic heterocycles. The van der Waals surface area contributed by atoms with Gasteiger partial charge in [-0.3, -0.25) is 4.72 Å². The summed E-state index contributed by atoms with van der Waals surface area (Å²) >= 11 is 6.01. The zero-order valence-electron chi connectivity index (χ0n) is 12.7. The Balaban J connectivity index is 2.42. The molecule has 1 N–H and O–H groups in total. The van der Waals surface area contributed by atoms with E-state index in [4.69, 9.17) is 16.3 Å². The van der Waals surface area contributed by atoms with Crippen LogP contribution in [0.4, 0.5) is 5.69 Å². The molecule has 0 fully saturated rings. The van der Waals surface area contributed by atoms with Crippen molar-refractivity contribution in [1.29, 1.82) is 0 Å². The van der Waals surface area contributed by atoms with Crippen LogP contribution in [0.25, 0.3) is 0 Å². The van der Waals surface area contributed by atoms with Gasteiger partial charge in [0, 0.05) is 0 Å². The number of hydrogen-bond donors (Lipinski definition) is 1. The van der Waals surface area contributed by atoms with Gasteiger partial charge in [-0.05, 0) is 56.2 Å². The largest absolute Gasteiger partial charge is 0.494 e. The molecule has 0 saturated carbocycles.